The molecule has 1 amide bonds. The van der Waals surface area contributed by atoms with Crippen molar-refractivity contribution in [1.82, 2.24) is 0 Å². The van der Waals surface area contributed by atoms with E-state index in [9.17, 15) is 22.8 Å². The van der Waals surface area contributed by atoms with Crippen molar-refractivity contribution in [2.45, 2.75) is 13.1 Å². The summed E-state index contributed by atoms with van der Waals surface area (Å²) in [6.45, 7) is 1.33. The number of benzene rings is 2. The Balaban J connectivity index is 1.94. The number of hydrogen-bond donors (Lipinski definition) is 1. The second kappa shape index (κ2) is 6.08. The summed E-state index contributed by atoms with van der Waals surface area (Å²) in [6.07, 6.45) is -4.53. The summed E-state index contributed by atoms with van der Waals surface area (Å²) in [6, 6.07) is 10.8. The van der Waals surface area contributed by atoms with Crippen molar-refractivity contribution in [3.8, 4) is 0 Å². The third-order valence-corrected chi connectivity index (χ3v) is 3.66. The van der Waals surface area contributed by atoms with Gasteiger partial charge >= 0.3 is 6.18 Å². The molecule has 0 saturated heterocycles. The molecule has 0 atom stereocenters. The van der Waals surface area contributed by atoms with Crippen molar-refractivity contribution in [2.75, 3.05) is 5.32 Å². The van der Waals surface area contributed by atoms with Gasteiger partial charge in [-0.05, 0) is 36.8 Å². The maximum Gasteiger partial charge on any atom is 0.416 e. The fourth-order valence-electron chi connectivity index (χ4n) is 2.41. The van der Waals surface area contributed by atoms with Crippen LogP contribution in [0.2, 0.25) is 0 Å². The second-order valence-electron chi connectivity index (χ2n) is 5.45. The molecule has 7 heteroatoms. The number of carbonyl (C=O) groups excluding carboxylic acids is 1. The van der Waals surface area contributed by atoms with Gasteiger partial charge in [0.15, 0.2) is 11.2 Å². The molecule has 0 fully saturated rings. The smallest absolute Gasteiger partial charge is 0.416 e. The molecule has 1 N–H and O–H groups in total. The zero-order valence-corrected chi connectivity index (χ0v) is 13.0. The van der Waals surface area contributed by atoms with Gasteiger partial charge in [-0.25, -0.2) is 0 Å². The minimum absolute atomic E-state index is 0.0428. The fourth-order valence-corrected chi connectivity index (χ4v) is 2.41. The molecular weight excluding hydrogens is 335 g/mol. The van der Waals surface area contributed by atoms with E-state index >= 15 is 0 Å². The molecule has 0 radical (unpaired) electrons. The van der Waals surface area contributed by atoms with E-state index in [1.54, 1.807) is 18.2 Å². The molecule has 25 heavy (non-hydrogen) atoms. The third-order valence-electron chi connectivity index (χ3n) is 3.66. The SMILES string of the molecule is Cc1ccc(NC(=O)c2cc(=O)c3ccccc3o2)cc1C(F)(F)F. The van der Waals surface area contributed by atoms with Crippen molar-refractivity contribution in [3.63, 3.8) is 0 Å². The van der Waals surface area contributed by atoms with E-state index in [0.717, 1.165) is 12.1 Å². The molecule has 2 aromatic carbocycles. The van der Waals surface area contributed by atoms with E-state index in [1.165, 1.54) is 25.1 Å². The number of fused-ring (bicyclic) bond motifs is 1. The molecule has 0 saturated carbocycles. The Bertz CT molecular complexity index is 1020. The molecule has 4 nitrogen and oxygen atoms in total. The predicted molar refractivity (Wildman–Crippen MR) is 86.6 cm³/mol. The largest absolute Gasteiger partial charge is 0.451 e. The Kier molecular flexibility index (Phi) is 4.08. The van der Waals surface area contributed by atoms with Gasteiger partial charge in [-0.2, -0.15) is 13.2 Å². The first-order chi connectivity index (χ1) is 11.8. The lowest BCUT2D eigenvalue weighted by molar-refractivity contribution is -0.138. The molecule has 0 aliphatic heterocycles. The molecule has 0 aliphatic carbocycles. The number of aryl methyl sites for hydroxylation is 1. The van der Waals surface area contributed by atoms with Gasteiger partial charge in [0.2, 0.25) is 0 Å². The van der Waals surface area contributed by atoms with Crippen LogP contribution in [0.3, 0.4) is 0 Å². The van der Waals surface area contributed by atoms with Gasteiger partial charge in [0.1, 0.15) is 5.58 Å². The highest BCUT2D eigenvalue weighted by atomic mass is 19.4. The summed E-state index contributed by atoms with van der Waals surface area (Å²) >= 11 is 0. The van der Waals surface area contributed by atoms with Gasteiger partial charge in [-0.3, -0.25) is 9.59 Å². The maximum absolute atomic E-state index is 12.9. The summed E-state index contributed by atoms with van der Waals surface area (Å²) < 4.78 is 44.2. The normalized spacial score (nSPS) is 11.5. The van der Waals surface area contributed by atoms with E-state index in [2.05, 4.69) is 5.32 Å². The average Bonchev–Trinajstić information content (AvgIpc) is 2.55. The van der Waals surface area contributed by atoms with Crippen molar-refractivity contribution < 1.29 is 22.4 Å². The zero-order chi connectivity index (χ0) is 18.2. The number of carbonyl (C=O) groups is 1. The van der Waals surface area contributed by atoms with E-state index < -0.39 is 23.1 Å². The van der Waals surface area contributed by atoms with Crippen LogP contribution in [0.15, 0.2) is 57.7 Å². The average molecular weight is 347 g/mol. The van der Waals surface area contributed by atoms with Gasteiger partial charge in [0.25, 0.3) is 5.91 Å². The highest BCUT2D eigenvalue weighted by Crippen LogP contribution is 2.33. The summed E-state index contributed by atoms with van der Waals surface area (Å²) in [5.41, 5.74) is -1.03. The van der Waals surface area contributed by atoms with Crippen molar-refractivity contribution in [2.24, 2.45) is 0 Å². The predicted octanol–water partition coefficient (Wildman–Crippen LogP) is 4.37. The van der Waals surface area contributed by atoms with E-state index in [1.807, 2.05) is 0 Å². The summed E-state index contributed by atoms with van der Waals surface area (Å²) in [7, 11) is 0. The third kappa shape index (κ3) is 3.40. The monoisotopic (exact) mass is 347 g/mol. The van der Waals surface area contributed by atoms with Crippen LogP contribution in [-0.4, -0.2) is 5.91 Å². The summed E-state index contributed by atoms with van der Waals surface area (Å²) in [4.78, 5) is 24.2. The number of amides is 1. The fraction of sp³-hybridized carbons (Fsp3) is 0.111. The Morgan fingerprint density at radius 1 is 1.08 bits per heavy atom. The first-order valence-electron chi connectivity index (χ1n) is 7.28. The number of rotatable bonds is 2. The van der Waals surface area contributed by atoms with Gasteiger partial charge in [-0.15, -0.1) is 0 Å². The lowest BCUT2D eigenvalue weighted by Crippen LogP contribution is -2.16. The van der Waals surface area contributed by atoms with Crippen LogP contribution in [0.4, 0.5) is 18.9 Å². The van der Waals surface area contributed by atoms with Gasteiger partial charge < -0.3 is 9.73 Å². The lowest BCUT2D eigenvalue weighted by Gasteiger charge is -2.12. The second-order valence-corrected chi connectivity index (χ2v) is 5.45. The first kappa shape index (κ1) is 16.8. The van der Waals surface area contributed by atoms with Gasteiger partial charge in [0, 0.05) is 11.8 Å². The highest BCUT2D eigenvalue weighted by Gasteiger charge is 2.32. The van der Waals surface area contributed by atoms with Crippen LogP contribution >= 0.6 is 0 Å². The minimum atomic E-state index is -4.53. The zero-order valence-electron chi connectivity index (χ0n) is 13.0. The Morgan fingerprint density at radius 3 is 2.52 bits per heavy atom. The quantitative estimate of drug-likeness (QED) is 0.749. The van der Waals surface area contributed by atoms with Crippen molar-refractivity contribution in [1.29, 1.82) is 0 Å². The standard InChI is InChI=1S/C18H12F3NO3/c1-10-6-7-11(8-13(10)18(19,20)21)22-17(24)16-9-14(23)12-4-2-3-5-15(12)25-16/h2-9H,1H3,(H,22,24). The van der Waals surface area contributed by atoms with Crippen LogP contribution in [0.1, 0.15) is 21.7 Å². The van der Waals surface area contributed by atoms with Crippen molar-refractivity contribution >= 4 is 22.6 Å². The van der Waals surface area contributed by atoms with E-state index in [0.29, 0.717) is 5.39 Å². The molecule has 1 aromatic heterocycles. The maximum atomic E-state index is 12.9. The Morgan fingerprint density at radius 2 is 1.80 bits per heavy atom. The first-order valence-corrected chi connectivity index (χ1v) is 7.28. The molecule has 128 valence electrons. The van der Waals surface area contributed by atoms with Crippen molar-refractivity contribution in [3.05, 3.63) is 75.6 Å². The Labute approximate surface area is 139 Å². The number of anilines is 1. The molecule has 3 rings (SSSR count). The minimum Gasteiger partial charge on any atom is -0.451 e. The highest BCUT2D eigenvalue weighted by molar-refractivity contribution is 6.03. The van der Waals surface area contributed by atoms with Crippen LogP contribution < -0.4 is 10.7 Å². The number of para-hydroxylation sites is 1. The summed E-state index contributed by atoms with van der Waals surface area (Å²) in [5.74, 6) is -1.09. The van der Waals surface area contributed by atoms with Crippen LogP contribution in [0.25, 0.3) is 11.0 Å². The van der Waals surface area contributed by atoms with Gasteiger partial charge in [0.05, 0.1) is 10.9 Å². The molecule has 0 aliphatic rings. The molecule has 0 unspecified atom stereocenters. The number of alkyl halides is 3. The molecular formula is C18H12F3NO3. The molecule has 0 bridgehead atoms. The van der Waals surface area contributed by atoms with Crippen LogP contribution in [0.5, 0.6) is 0 Å². The molecule has 3 aromatic rings. The summed E-state index contributed by atoms with van der Waals surface area (Å²) in [5, 5.41) is 2.63. The topological polar surface area (TPSA) is 59.3 Å². The number of nitrogens with one attached hydrogen (secondary N) is 1. The molecule has 1 heterocycles. The lowest BCUT2D eigenvalue weighted by atomic mass is 10.1. The van der Waals surface area contributed by atoms with E-state index in [-0.39, 0.29) is 22.6 Å². The number of halogens is 3. The van der Waals surface area contributed by atoms with Crippen LogP contribution in [-0.2, 0) is 6.18 Å². The van der Waals surface area contributed by atoms with Crippen LogP contribution in [0, 0.1) is 6.92 Å². The Hall–Kier alpha value is -3.09. The molecule has 0 spiro atoms. The van der Waals surface area contributed by atoms with Gasteiger partial charge in [-0.1, -0.05) is 18.2 Å². The van der Waals surface area contributed by atoms with E-state index in [4.69, 9.17) is 4.42 Å². The number of hydrogen-bond acceptors (Lipinski definition) is 3.